The van der Waals surface area contributed by atoms with Gasteiger partial charge in [-0.2, -0.15) is 0 Å². The molecule has 0 atom stereocenters. The van der Waals surface area contributed by atoms with Crippen molar-refractivity contribution in [3.05, 3.63) is 52.5 Å². The van der Waals surface area contributed by atoms with E-state index in [1.165, 1.54) is 35.7 Å². The minimum Gasteiger partial charge on any atom is -0.497 e. The number of oxazole rings is 1. The second-order valence-electron chi connectivity index (χ2n) is 5.81. The number of anilines is 1. The Bertz CT molecular complexity index is 1190. The average Bonchev–Trinajstić information content (AvgIpc) is 3.00. The molecule has 9 heteroatoms. The van der Waals surface area contributed by atoms with Crippen LogP contribution in [0.1, 0.15) is 16.8 Å². The van der Waals surface area contributed by atoms with Crippen LogP contribution in [0.4, 0.5) is 5.69 Å². The van der Waals surface area contributed by atoms with E-state index in [0.717, 1.165) is 0 Å². The summed E-state index contributed by atoms with van der Waals surface area (Å²) >= 11 is 0. The van der Waals surface area contributed by atoms with E-state index < -0.39 is 15.8 Å². The molecular weight excluding hydrogens is 360 g/mol. The largest absolute Gasteiger partial charge is 0.497 e. The molecule has 0 unspecified atom stereocenters. The van der Waals surface area contributed by atoms with Crippen molar-refractivity contribution >= 4 is 32.6 Å². The molecule has 1 aromatic heterocycles. The van der Waals surface area contributed by atoms with Crippen molar-refractivity contribution in [3.63, 3.8) is 0 Å². The Kier molecular flexibility index (Phi) is 3.62. The van der Waals surface area contributed by atoms with Gasteiger partial charge < -0.3 is 9.15 Å². The van der Waals surface area contributed by atoms with E-state index in [2.05, 4.69) is 4.98 Å². The van der Waals surface area contributed by atoms with Crippen LogP contribution in [-0.4, -0.2) is 32.8 Å². The van der Waals surface area contributed by atoms with Gasteiger partial charge in [-0.25, -0.2) is 13.2 Å². The van der Waals surface area contributed by atoms with Crippen LogP contribution in [0, 0.1) is 0 Å². The SMILES string of the molecule is COc1ccc2c(c1)N(S(=O)(=O)c1ccc3[nH]c(=O)oc3c1)CCC2=O. The van der Waals surface area contributed by atoms with Crippen LogP contribution < -0.4 is 14.8 Å². The monoisotopic (exact) mass is 374 g/mol. The van der Waals surface area contributed by atoms with Gasteiger partial charge in [0.05, 0.1) is 23.2 Å². The van der Waals surface area contributed by atoms with E-state index in [9.17, 15) is 18.0 Å². The molecule has 1 N–H and O–H groups in total. The summed E-state index contributed by atoms with van der Waals surface area (Å²) in [6.07, 6.45) is 0.0834. The summed E-state index contributed by atoms with van der Waals surface area (Å²) in [5.74, 6) is -0.333. The number of ether oxygens (including phenoxy) is 1. The van der Waals surface area contributed by atoms with Crippen LogP contribution in [0.2, 0.25) is 0 Å². The molecule has 0 amide bonds. The van der Waals surface area contributed by atoms with Crippen LogP contribution in [0.25, 0.3) is 11.1 Å². The molecule has 0 bridgehead atoms. The van der Waals surface area contributed by atoms with E-state index in [1.807, 2.05) is 0 Å². The van der Waals surface area contributed by atoms with Crippen LogP contribution in [0.5, 0.6) is 5.75 Å². The fourth-order valence-electron chi connectivity index (χ4n) is 3.00. The quantitative estimate of drug-likeness (QED) is 0.750. The van der Waals surface area contributed by atoms with Crippen molar-refractivity contribution in [3.8, 4) is 5.75 Å². The third-order valence-corrected chi connectivity index (χ3v) is 6.11. The van der Waals surface area contributed by atoms with Crippen LogP contribution >= 0.6 is 0 Å². The molecule has 1 aliphatic rings. The smallest absolute Gasteiger partial charge is 0.417 e. The highest BCUT2D eigenvalue weighted by Gasteiger charge is 2.33. The van der Waals surface area contributed by atoms with Gasteiger partial charge in [0, 0.05) is 30.7 Å². The second-order valence-corrected chi connectivity index (χ2v) is 7.67. The van der Waals surface area contributed by atoms with Crippen molar-refractivity contribution < 1.29 is 22.4 Å². The minimum absolute atomic E-state index is 0.0243. The summed E-state index contributed by atoms with van der Waals surface area (Å²) in [5, 5.41) is 0. The maximum atomic E-state index is 13.2. The highest BCUT2D eigenvalue weighted by molar-refractivity contribution is 7.92. The normalized spacial score (nSPS) is 14.5. The summed E-state index contributed by atoms with van der Waals surface area (Å²) in [6.45, 7) is 0.0243. The highest BCUT2D eigenvalue weighted by Crippen LogP contribution is 2.35. The van der Waals surface area contributed by atoms with Crippen molar-refractivity contribution in [1.82, 2.24) is 4.98 Å². The number of aromatic nitrogens is 1. The van der Waals surface area contributed by atoms with Gasteiger partial charge >= 0.3 is 5.76 Å². The zero-order valence-corrected chi connectivity index (χ0v) is 14.5. The number of methoxy groups -OCH3 is 1. The predicted molar refractivity (Wildman–Crippen MR) is 93.3 cm³/mol. The molecule has 2 aromatic carbocycles. The second kappa shape index (κ2) is 5.73. The molecule has 0 saturated carbocycles. The average molecular weight is 374 g/mol. The lowest BCUT2D eigenvalue weighted by Gasteiger charge is -2.30. The molecule has 134 valence electrons. The van der Waals surface area contributed by atoms with E-state index >= 15 is 0 Å². The molecule has 0 saturated heterocycles. The first-order chi connectivity index (χ1) is 12.4. The molecular formula is C17H14N2O6S. The molecule has 0 radical (unpaired) electrons. The van der Waals surface area contributed by atoms with Crippen molar-refractivity contribution in [1.29, 1.82) is 0 Å². The van der Waals surface area contributed by atoms with Crippen molar-refractivity contribution in [2.45, 2.75) is 11.3 Å². The molecule has 2 heterocycles. The Labute approximate surface area is 148 Å². The Hall–Kier alpha value is -3.07. The van der Waals surface area contributed by atoms with Crippen molar-refractivity contribution in [2.24, 2.45) is 0 Å². The number of carbonyl (C=O) groups is 1. The molecule has 8 nitrogen and oxygen atoms in total. The van der Waals surface area contributed by atoms with Crippen LogP contribution in [0.15, 0.2) is 50.5 Å². The Balaban J connectivity index is 1.86. The number of sulfonamides is 1. The molecule has 0 fully saturated rings. The maximum Gasteiger partial charge on any atom is 0.417 e. The number of nitrogens with zero attached hydrogens (tertiary/aromatic N) is 1. The first-order valence-electron chi connectivity index (χ1n) is 7.77. The molecule has 3 aromatic rings. The predicted octanol–water partition coefficient (Wildman–Crippen LogP) is 1.91. The van der Waals surface area contributed by atoms with E-state index in [1.54, 1.807) is 12.1 Å². The van der Waals surface area contributed by atoms with Gasteiger partial charge in [-0.15, -0.1) is 0 Å². The number of hydrogen-bond donors (Lipinski definition) is 1. The van der Waals surface area contributed by atoms with Gasteiger partial charge in [0.2, 0.25) is 0 Å². The fourth-order valence-corrected chi connectivity index (χ4v) is 4.49. The molecule has 0 aliphatic carbocycles. The Morgan fingerprint density at radius 3 is 2.73 bits per heavy atom. The van der Waals surface area contributed by atoms with Gasteiger partial charge in [0.25, 0.3) is 10.0 Å². The van der Waals surface area contributed by atoms with Crippen LogP contribution in [0.3, 0.4) is 0 Å². The lowest BCUT2D eigenvalue weighted by Crippen LogP contribution is -2.37. The number of aromatic amines is 1. The first kappa shape index (κ1) is 16.4. The molecule has 4 rings (SSSR count). The molecule has 0 spiro atoms. The molecule has 1 aliphatic heterocycles. The van der Waals surface area contributed by atoms with Gasteiger partial charge in [-0.05, 0) is 24.3 Å². The maximum absolute atomic E-state index is 13.2. The number of H-pyrrole nitrogens is 1. The summed E-state index contributed by atoms with van der Waals surface area (Å²) < 4.78 is 37.6. The van der Waals surface area contributed by atoms with Gasteiger partial charge in [-0.1, -0.05) is 0 Å². The zero-order valence-electron chi connectivity index (χ0n) is 13.7. The molecule has 26 heavy (non-hydrogen) atoms. The zero-order chi connectivity index (χ0) is 18.5. The number of ketones is 1. The van der Waals surface area contributed by atoms with E-state index in [4.69, 9.17) is 9.15 Å². The summed E-state index contributed by atoms with van der Waals surface area (Å²) in [7, 11) is -2.49. The number of nitrogens with one attached hydrogen (secondary N) is 1. The van der Waals surface area contributed by atoms with Crippen molar-refractivity contribution in [2.75, 3.05) is 18.0 Å². The minimum atomic E-state index is -3.96. The standard InChI is InChI=1S/C17H14N2O6S/c1-24-10-2-4-12-14(8-10)19(7-6-15(12)20)26(22,23)11-3-5-13-16(9-11)25-17(21)18-13/h2-5,8-9H,6-7H2,1H3,(H,18,21). The number of carbonyl (C=O) groups excluding carboxylic acids is 1. The van der Waals surface area contributed by atoms with Gasteiger partial charge in [0.15, 0.2) is 11.4 Å². The number of benzene rings is 2. The Morgan fingerprint density at radius 1 is 1.15 bits per heavy atom. The topological polar surface area (TPSA) is 110 Å². The third kappa shape index (κ3) is 2.48. The summed E-state index contributed by atoms with van der Waals surface area (Å²) in [4.78, 5) is 25.9. The number of rotatable bonds is 3. The van der Waals surface area contributed by atoms with Gasteiger partial charge in [-0.3, -0.25) is 14.1 Å². The Morgan fingerprint density at radius 2 is 1.96 bits per heavy atom. The number of fused-ring (bicyclic) bond motifs is 2. The summed E-state index contributed by atoms with van der Waals surface area (Å²) in [6, 6.07) is 8.85. The van der Waals surface area contributed by atoms with Gasteiger partial charge in [0.1, 0.15) is 5.75 Å². The lowest BCUT2D eigenvalue weighted by atomic mass is 10.0. The first-order valence-corrected chi connectivity index (χ1v) is 9.21. The highest BCUT2D eigenvalue weighted by atomic mass is 32.2. The van der Waals surface area contributed by atoms with E-state index in [-0.39, 0.29) is 34.9 Å². The third-order valence-electron chi connectivity index (χ3n) is 4.30. The van der Waals surface area contributed by atoms with E-state index in [0.29, 0.717) is 16.8 Å². The fraction of sp³-hybridized carbons (Fsp3) is 0.176. The van der Waals surface area contributed by atoms with Crippen LogP contribution in [-0.2, 0) is 10.0 Å². The number of Topliss-reactive ketones (excluding diaryl/α,β-unsaturated/α-hetero) is 1. The number of hydrogen-bond acceptors (Lipinski definition) is 6. The lowest BCUT2D eigenvalue weighted by molar-refractivity contribution is 0.0982. The summed E-state index contributed by atoms with van der Waals surface area (Å²) in [5.41, 5.74) is 1.16.